The predicted octanol–water partition coefficient (Wildman–Crippen LogP) is 2.27. The lowest BCUT2D eigenvalue weighted by molar-refractivity contribution is -0.0315. The van der Waals surface area contributed by atoms with Crippen molar-refractivity contribution in [1.82, 2.24) is 4.90 Å². The molecule has 1 aromatic rings. The molecule has 1 fully saturated rings. The first-order valence-electron chi connectivity index (χ1n) is 7.44. The van der Waals surface area contributed by atoms with E-state index in [1.807, 2.05) is 0 Å². The first-order valence-corrected chi connectivity index (χ1v) is 7.44. The molecule has 1 atom stereocenters. The zero-order valence-corrected chi connectivity index (χ0v) is 13.1. The second kappa shape index (κ2) is 6.95. The standard InChI is InChI=1S/C16H27N3O/c1-13(2)19-9-10-20-14(12-19)11-17-15-7-5-6-8-16(15)18(3)4/h5-8,13-14,17H,9-12H2,1-4H3. The molecule has 0 aromatic heterocycles. The molecule has 4 nitrogen and oxygen atoms in total. The van der Waals surface area contributed by atoms with Gasteiger partial charge in [-0.25, -0.2) is 0 Å². The Kier molecular flexibility index (Phi) is 5.26. The van der Waals surface area contributed by atoms with Crippen LogP contribution in [0, 0.1) is 0 Å². The number of morpholine rings is 1. The Morgan fingerprint density at radius 3 is 2.80 bits per heavy atom. The minimum Gasteiger partial charge on any atom is -0.381 e. The van der Waals surface area contributed by atoms with Crippen LogP contribution < -0.4 is 10.2 Å². The first-order chi connectivity index (χ1) is 9.58. The maximum Gasteiger partial charge on any atom is 0.0874 e. The van der Waals surface area contributed by atoms with Crippen molar-refractivity contribution < 1.29 is 4.74 Å². The molecule has 0 amide bonds. The zero-order chi connectivity index (χ0) is 14.5. The Hall–Kier alpha value is -1.26. The number of para-hydroxylation sites is 2. The molecule has 1 saturated heterocycles. The van der Waals surface area contributed by atoms with Crippen molar-refractivity contribution in [3.8, 4) is 0 Å². The molecule has 1 heterocycles. The van der Waals surface area contributed by atoms with E-state index in [9.17, 15) is 0 Å². The topological polar surface area (TPSA) is 27.7 Å². The van der Waals surface area contributed by atoms with Gasteiger partial charge in [0, 0.05) is 39.8 Å². The van der Waals surface area contributed by atoms with E-state index < -0.39 is 0 Å². The van der Waals surface area contributed by atoms with E-state index in [1.165, 1.54) is 11.4 Å². The van der Waals surface area contributed by atoms with Gasteiger partial charge in [0.25, 0.3) is 0 Å². The normalized spacial score (nSPS) is 20.1. The van der Waals surface area contributed by atoms with Gasteiger partial charge in [-0.05, 0) is 26.0 Å². The quantitative estimate of drug-likeness (QED) is 0.893. The third kappa shape index (κ3) is 3.87. The lowest BCUT2D eigenvalue weighted by Crippen LogP contribution is -2.48. The summed E-state index contributed by atoms with van der Waals surface area (Å²) in [4.78, 5) is 4.61. The van der Waals surface area contributed by atoms with E-state index in [0.29, 0.717) is 6.04 Å². The number of rotatable bonds is 5. The van der Waals surface area contributed by atoms with Crippen molar-refractivity contribution >= 4 is 11.4 Å². The predicted molar refractivity (Wildman–Crippen MR) is 85.7 cm³/mol. The highest BCUT2D eigenvalue weighted by molar-refractivity contribution is 5.69. The van der Waals surface area contributed by atoms with Crippen LogP contribution in [0.5, 0.6) is 0 Å². The number of ether oxygens (including phenoxy) is 1. The van der Waals surface area contributed by atoms with Crippen LogP contribution in [-0.4, -0.2) is 57.4 Å². The van der Waals surface area contributed by atoms with Gasteiger partial charge in [-0.15, -0.1) is 0 Å². The molecule has 1 unspecified atom stereocenters. The Balaban J connectivity index is 1.92. The molecule has 2 rings (SSSR count). The van der Waals surface area contributed by atoms with Crippen molar-refractivity contribution in [2.24, 2.45) is 0 Å². The molecule has 112 valence electrons. The summed E-state index contributed by atoms with van der Waals surface area (Å²) < 4.78 is 5.86. The van der Waals surface area contributed by atoms with Crippen LogP contribution in [0.15, 0.2) is 24.3 Å². The van der Waals surface area contributed by atoms with Crippen molar-refractivity contribution in [3.63, 3.8) is 0 Å². The monoisotopic (exact) mass is 277 g/mol. The SMILES string of the molecule is CC(C)N1CCOC(CNc2ccccc2N(C)C)C1. The van der Waals surface area contributed by atoms with Crippen molar-refractivity contribution in [2.45, 2.75) is 26.0 Å². The largest absolute Gasteiger partial charge is 0.381 e. The summed E-state index contributed by atoms with van der Waals surface area (Å²) in [7, 11) is 4.14. The number of benzene rings is 1. The van der Waals surface area contributed by atoms with Gasteiger partial charge in [0.15, 0.2) is 0 Å². The van der Waals surface area contributed by atoms with Gasteiger partial charge in [0.2, 0.25) is 0 Å². The molecule has 1 aromatic carbocycles. The summed E-state index contributed by atoms with van der Waals surface area (Å²) in [6.07, 6.45) is 0.265. The van der Waals surface area contributed by atoms with Crippen LogP contribution in [0.4, 0.5) is 11.4 Å². The van der Waals surface area contributed by atoms with E-state index in [2.05, 4.69) is 67.3 Å². The van der Waals surface area contributed by atoms with Gasteiger partial charge in [-0.3, -0.25) is 4.90 Å². The third-order valence-corrected chi connectivity index (χ3v) is 3.81. The fourth-order valence-electron chi connectivity index (χ4n) is 2.57. The summed E-state index contributed by atoms with van der Waals surface area (Å²) in [5, 5.41) is 3.53. The van der Waals surface area contributed by atoms with Crippen LogP contribution >= 0.6 is 0 Å². The van der Waals surface area contributed by atoms with Crippen LogP contribution in [-0.2, 0) is 4.74 Å². The molecule has 20 heavy (non-hydrogen) atoms. The number of hydrogen-bond acceptors (Lipinski definition) is 4. The number of nitrogens with zero attached hydrogens (tertiary/aromatic N) is 2. The zero-order valence-electron chi connectivity index (χ0n) is 13.1. The van der Waals surface area contributed by atoms with Crippen LogP contribution in [0.25, 0.3) is 0 Å². The van der Waals surface area contributed by atoms with E-state index in [-0.39, 0.29) is 6.10 Å². The second-order valence-electron chi connectivity index (χ2n) is 5.87. The van der Waals surface area contributed by atoms with Gasteiger partial charge in [0.05, 0.1) is 24.1 Å². The lowest BCUT2D eigenvalue weighted by atomic mass is 10.2. The minimum atomic E-state index is 0.265. The minimum absolute atomic E-state index is 0.265. The Morgan fingerprint density at radius 1 is 1.35 bits per heavy atom. The summed E-state index contributed by atoms with van der Waals surface area (Å²) in [6, 6.07) is 8.98. The lowest BCUT2D eigenvalue weighted by Gasteiger charge is -2.35. The van der Waals surface area contributed by atoms with E-state index in [0.717, 1.165) is 26.2 Å². The third-order valence-electron chi connectivity index (χ3n) is 3.81. The smallest absolute Gasteiger partial charge is 0.0874 e. The molecule has 1 aliphatic heterocycles. The first kappa shape index (κ1) is 15.1. The molecule has 4 heteroatoms. The van der Waals surface area contributed by atoms with E-state index >= 15 is 0 Å². The van der Waals surface area contributed by atoms with Crippen molar-refractivity contribution in [3.05, 3.63) is 24.3 Å². The van der Waals surface area contributed by atoms with Gasteiger partial charge in [-0.1, -0.05) is 12.1 Å². The molecule has 0 radical (unpaired) electrons. The molecule has 0 bridgehead atoms. The molecule has 0 saturated carbocycles. The summed E-state index contributed by atoms with van der Waals surface area (Å²) in [6.45, 7) is 8.24. The van der Waals surface area contributed by atoms with Gasteiger partial charge < -0.3 is 15.0 Å². The summed E-state index contributed by atoms with van der Waals surface area (Å²) in [5.74, 6) is 0. The van der Waals surface area contributed by atoms with Crippen LogP contribution in [0.3, 0.4) is 0 Å². The van der Waals surface area contributed by atoms with E-state index in [1.54, 1.807) is 0 Å². The van der Waals surface area contributed by atoms with Crippen LogP contribution in [0.1, 0.15) is 13.8 Å². The van der Waals surface area contributed by atoms with Crippen LogP contribution in [0.2, 0.25) is 0 Å². The highest BCUT2D eigenvalue weighted by Gasteiger charge is 2.22. The molecule has 0 aliphatic carbocycles. The number of hydrogen-bond donors (Lipinski definition) is 1. The van der Waals surface area contributed by atoms with Crippen molar-refractivity contribution in [1.29, 1.82) is 0 Å². The Labute approximate surface area is 122 Å². The fraction of sp³-hybridized carbons (Fsp3) is 0.625. The average Bonchev–Trinajstić information content (AvgIpc) is 2.45. The molecule has 1 aliphatic rings. The number of nitrogens with one attached hydrogen (secondary N) is 1. The molecule has 1 N–H and O–H groups in total. The number of anilines is 2. The van der Waals surface area contributed by atoms with Gasteiger partial charge >= 0.3 is 0 Å². The Bertz CT molecular complexity index is 420. The summed E-state index contributed by atoms with van der Waals surface area (Å²) in [5.41, 5.74) is 2.38. The molecular formula is C16H27N3O. The molecule has 0 spiro atoms. The fourth-order valence-corrected chi connectivity index (χ4v) is 2.57. The van der Waals surface area contributed by atoms with Gasteiger partial charge in [0.1, 0.15) is 0 Å². The van der Waals surface area contributed by atoms with E-state index in [4.69, 9.17) is 4.74 Å². The highest BCUT2D eigenvalue weighted by Crippen LogP contribution is 2.23. The second-order valence-corrected chi connectivity index (χ2v) is 5.87. The highest BCUT2D eigenvalue weighted by atomic mass is 16.5. The average molecular weight is 277 g/mol. The maximum atomic E-state index is 5.86. The van der Waals surface area contributed by atoms with Gasteiger partial charge in [-0.2, -0.15) is 0 Å². The molecular weight excluding hydrogens is 250 g/mol. The van der Waals surface area contributed by atoms with Crippen molar-refractivity contribution in [2.75, 3.05) is 50.6 Å². The Morgan fingerprint density at radius 2 is 2.10 bits per heavy atom. The summed E-state index contributed by atoms with van der Waals surface area (Å²) >= 11 is 0. The maximum absolute atomic E-state index is 5.86.